The maximum absolute atomic E-state index is 4.98. The summed E-state index contributed by atoms with van der Waals surface area (Å²) in [6.45, 7) is 4.59. The number of para-hydroxylation sites is 1. The van der Waals surface area contributed by atoms with Crippen molar-refractivity contribution in [2.24, 2.45) is 0 Å². The van der Waals surface area contributed by atoms with E-state index in [-0.39, 0.29) is 5.41 Å². The summed E-state index contributed by atoms with van der Waals surface area (Å²) in [6, 6.07) is 37.1. The molecular formula is C34H26N2. The van der Waals surface area contributed by atoms with Gasteiger partial charge in [-0.05, 0) is 63.7 Å². The van der Waals surface area contributed by atoms with E-state index in [0.717, 1.165) is 11.4 Å². The number of rotatable bonds is 1. The topological polar surface area (TPSA) is 16.1 Å². The third-order valence-electron chi connectivity index (χ3n) is 7.55. The monoisotopic (exact) mass is 462 g/mol. The number of fused-ring (bicyclic) bond motifs is 9. The molecule has 4 aromatic carbocycles. The first-order valence-corrected chi connectivity index (χ1v) is 12.5. The van der Waals surface area contributed by atoms with Crippen LogP contribution >= 0.6 is 0 Å². The molecule has 2 heterocycles. The fourth-order valence-electron chi connectivity index (χ4n) is 5.71. The molecule has 0 radical (unpaired) electrons. The van der Waals surface area contributed by atoms with Gasteiger partial charge in [0.1, 0.15) is 0 Å². The fourth-order valence-corrected chi connectivity index (χ4v) is 5.71. The molecule has 2 nitrogen and oxygen atoms in total. The van der Waals surface area contributed by atoms with Crippen molar-refractivity contribution >= 4 is 11.4 Å². The van der Waals surface area contributed by atoms with Gasteiger partial charge in [-0.15, -0.1) is 0 Å². The van der Waals surface area contributed by atoms with Crippen LogP contribution in [0.15, 0.2) is 122 Å². The molecule has 0 fully saturated rings. The van der Waals surface area contributed by atoms with E-state index in [9.17, 15) is 0 Å². The Morgan fingerprint density at radius 2 is 1.17 bits per heavy atom. The average Bonchev–Trinajstić information content (AvgIpc) is 2.92. The lowest BCUT2D eigenvalue weighted by Gasteiger charge is -2.36. The molecule has 0 atom stereocenters. The molecule has 0 amide bonds. The first kappa shape index (κ1) is 20.9. The second-order valence-corrected chi connectivity index (χ2v) is 10.1. The van der Waals surface area contributed by atoms with Gasteiger partial charge in [0.15, 0.2) is 0 Å². The average molecular weight is 463 g/mol. The Morgan fingerprint density at radius 1 is 0.583 bits per heavy atom. The summed E-state index contributed by atoms with van der Waals surface area (Å²) in [5.41, 5.74) is 13.1. The lowest BCUT2D eigenvalue weighted by molar-refractivity contribution is 0.659. The van der Waals surface area contributed by atoms with Crippen LogP contribution in [0, 0.1) is 0 Å². The Bertz CT molecular complexity index is 1660. The van der Waals surface area contributed by atoms with Crippen molar-refractivity contribution in [3.8, 4) is 44.6 Å². The number of benzene rings is 4. The van der Waals surface area contributed by atoms with Crippen molar-refractivity contribution < 1.29 is 0 Å². The molecule has 1 aliphatic carbocycles. The number of pyridine rings is 1. The quantitative estimate of drug-likeness (QED) is 0.242. The Balaban J connectivity index is 1.60. The highest BCUT2D eigenvalue weighted by Gasteiger charge is 2.31. The molecule has 1 aliphatic heterocycles. The molecule has 2 aliphatic rings. The Labute approximate surface area is 212 Å². The third-order valence-corrected chi connectivity index (χ3v) is 7.55. The van der Waals surface area contributed by atoms with E-state index in [1.165, 1.54) is 50.2 Å². The van der Waals surface area contributed by atoms with Gasteiger partial charge in [0.2, 0.25) is 0 Å². The fraction of sp³-hybridized carbons (Fsp3) is 0.0882. The summed E-state index contributed by atoms with van der Waals surface area (Å²) in [5.74, 6) is 0. The zero-order valence-electron chi connectivity index (χ0n) is 20.4. The minimum absolute atomic E-state index is 0.107. The highest BCUT2D eigenvalue weighted by molar-refractivity contribution is 6.03. The first-order valence-electron chi connectivity index (χ1n) is 12.5. The smallest absolute Gasteiger partial charge is 0.0786 e. The van der Waals surface area contributed by atoms with Crippen molar-refractivity contribution in [3.05, 3.63) is 127 Å². The van der Waals surface area contributed by atoms with Gasteiger partial charge in [-0.25, -0.2) is 0 Å². The molecule has 5 aromatic rings. The van der Waals surface area contributed by atoms with Crippen LogP contribution in [-0.2, 0) is 5.41 Å². The summed E-state index contributed by atoms with van der Waals surface area (Å²) >= 11 is 0. The molecule has 0 spiro atoms. The van der Waals surface area contributed by atoms with Crippen LogP contribution in [0.4, 0.5) is 11.4 Å². The van der Waals surface area contributed by atoms with E-state index < -0.39 is 0 Å². The second-order valence-electron chi connectivity index (χ2n) is 10.1. The standard InChI is InChI=1S/C34H26N2/c1-34(2)18-20-36(23-11-4-3-5-12-23)32-22-29-27-16-9-7-14-25(27)24-13-6-8-15-26(24)28-17-10-19-35-33(28)30(29)21-31(32)34/h3-22H,1-2H3. The molecule has 0 bridgehead atoms. The Morgan fingerprint density at radius 3 is 1.86 bits per heavy atom. The Hall–Kier alpha value is -4.43. The lowest BCUT2D eigenvalue weighted by Crippen LogP contribution is -2.25. The minimum Gasteiger partial charge on any atom is -0.317 e. The van der Waals surface area contributed by atoms with Gasteiger partial charge >= 0.3 is 0 Å². The van der Waals surface area contributed by atoms with Crippen molar-refractivity contribution in [2.45, 2.75) is 19.3 Å². The van der Waals surface area contributed by atoms with Crippen LogP contribution in [-0.4, -0.2) is 4.98 Å². The van der Waals surface area contributed by atoms with Gasteiger partial charge in [-0.2, -0.15) is 0 Å². The predicted molar refractivity (Wildman–Crippen MR) is 150 cm³/mol. The number of nitrogens with zero attached hydrogens (tertiary/aromatic N) is 2. The van der Waals surface area contributed by atoms with E-state index in [1.807, 2.05) is 12.3 Å². The molecule has 36 heavy (non-hydrogen) atoms. The van der Waals surface area contributed by atoms with Gasteiger partial charge < -0.3 is 4.90 Å². The summed E-state index contributed by atoms with van der Waals surface area (Å²) in [4.78, 5) is 7.29. The largest absolute Gasteiger partial charge is 0.317 e. The zero-order chi connectivity index (χ0) is 24.3. The zero-order valence-corrected chi connectivity index (χ0v) is 20.4. The van der Waals surface area contributed by atoms with E-state index in [1.54, 1.807) is 0 Å². The third kappa shape index (κ3) is 3.08. The lowest BCUT2D eigenvalue weighted by atomic mass is 9.76. The molecule has 2 heteroatoms. The molecular weight excluding hydrogens is 436 g/mol. The molecule has 0 saturated heterocycles. The van der Waals surface area contributed by atoms with E-state index in [4.69, 9.17) is 4.98 Å². The van der Waals surface area contributed by atoms with E-state index in [2.05, 4.69) is 128 Å². The van der Waals surface area contributed by atoms with E-state index in [0.29, 0.717) is 0 Å². The Kier molecular flexibility index (Phi) is 4.52. The summed E-state index contributed by atoms with van der Waals surface area (Å²) in [7, 11) is 0. The molecule has 7 rings (SSSR count). The van der Waals surface area contributed by atoms with Gasteiger partial charge in [0.05, 0.1) is 11.4 Å². The second kappa shape index (κ2) is 7.79. The summed E-state index contributed by atoms with van der Waals surface area (Å²) in [6.07, 6.45) is 6.44. The highest BCUT2D eigenvalue weighted by atomic mass is 15.1. The maximum atomic E-state index is 4.98. The van der Waals surface area contributed by atoms with Gasteiger partial charge in [0, 0.05) is 34.6 Å². The minimum atomic E-state index is -0.107. The van der Waals surface area contributed by atoms with Crippen LogP contribution in [0.1, 0.15) is 19.4 Å². The normalized spacial score (nSPS) is 14.4. The number of aromatic nitrogens is 1. The van der Waals surface area contributed by atoms with Crippen LogP contribution in [0.3, 0.4) is 0 Å². The van der Waals surface area contributed by atoms with Crippen molar-refractivity contribution in [3.63, 3.8) is 0 Å². The van der Waals surface area contributed by atoms with Crippen molar-refractivity contribution in [1.82, 2.24) is 4.98 Å². The number of hydrogen-bond donors (Lipinski definition) is 0. The summed E-state index contributed by atoms with van der Waals surface area (Å²) < 4.78 is 0. The molecule has 0 unspecified atom stereocenters. The van der Waals surface area contributed by atoms with Crippen molar-refractivity contribution in [2.75, 3.05) is 4.90 Å². The molecule has 0 N–H and O–H groups in total. The van der Waals surface area contributed by atoms with Crippen molar-refractivity contribution in [1.29, 1.82) is 0 Å². The number of hydrogen-bond acceptors (Lipinski definition) is 2. The number of allylic oxidation sites excluding steroid dienone is 1. The van der Waals surface area contributed by atoms with Gasteiger partial charge in [0.25, 0.3) is 0 Å². The highest BCUT2D eigenvalue weighted by Crippen LogP contribution is 2.51. The van der Waals surface area contributed by atoms with Gasteiger partial charge in [-0.1, -0.05) is 92.7 Å². The van der Waals surface area contributed by atoms with Crippen LogP contribution in [0.2, 0.25) is 0 Å². The van der Waals surface area contributed by atoms with Gasteiger partial charge in [-0.3, -0.25) is 4.98 Å². The first-order chi connectivity index (χ1) is 17.6. The predicted octanol–water partition coefficient (Wildman–Crippen LogP) is 9.01. The van der Waals surface area contributed by atoms with E-state index >= 15 is 0 Å². The molecule has 1 aromatic heterocycles. The molecule has 0 saturated carbocycles. The van der Waals surface area contributed by atoms with Crippen LogP contribution < -0.4 is 4.90 Å². The van der Waals surface area contributed by atoms with Crippen LogP contribution in [0.5, 0.6) is 0 Å². The van der Waals surface area contributed by atoms with Crippen LogP contribution in [0.25, 0.3) is 44.6 Å². The summed E-state index contributed by atoms with van der Waals surface area (Å²) in [5, 5.41) is 0. The molecule has 172 valence electrons. The SMILES string of the molecule is CC1(C)C=CN(c2ccccc2)c2cc3c(cc21)-c1ncccc1-c1ccccc1-c1ccccc1-3. The maximum Gasteiger partial charge on any atom is 0.0786 e. The number of anilines is 2.